The quantitative estimate of drug-likeness (QED) is 0.237. The number of nitrogens with two attached hydrogens (primary N) is 1. The number of rotatable bonds is 9. The molecule has 4 N–H and O–H groups in total. The molecule has 1 amide bonds. The van der Waals surface area contributed by atoms with Gasteiger partial charge >= 0.3 is 0 Å². The highest BCUT2D eigenvalue weighted by molar-refractivity contribution is 8.00. The van der Waals surface area contributed by atoms with E-state index < -0.39 is 15.3 Å². The first-order valence-corrected chi connectivity index (χ1v) is 14.6. The molecule has 1 atom stereocenters. The highest BCUT2D eigenvalue weighted by Gasteiger charge is 2.26. The smallest absolute Gasteiger partial charge is 0.264 e. The molecular weight excluding hydrogens is 560 g/mol. The Morgan fingerprint density at radius 1 is 1.02 bits per heavy atom. The fraction of sp³-hybridized carbons (Fsp3) is 0.143. The van der Waals surface area contributed by atoms with Crippen LogP contribution in [0.25, 0.3) is 11.1 Å². The van der Waals surface area contributed by atoms with Gasteiger partial charge in [-0.15, -0.1) is 0 Å². The summed E-state index contributed by atoms with van der Waals surface area (Å²) in [5.41, 5.74) is 8.31. The molecule has 206 valence electrons. The predicted octanol–water partition coefficient (Wildman–Crippen LogP) is 4.48. The van der Waals surface area contributed by atoms with Crippen LogP contribution in [0.3, 0.4) is 0 Å². The van der Waals surface area contributed by atoms with Crippen LogP contribution in [0.2, 0.25) is 0 Å². The van der Waals surface area contributed by atoms with Gasteiger partial charge in [0.25, 0.3) is 10.0 Å². The Morgan fingerprint density at radius 3 is 2.32 bits per heavy atom. The van der Waals surface area contributed by atoms with E-state index in [2.05, 4.69) is 31.1 Å². The van der Waals surface area contributed by atoms with E-state index in [4.69, 9.17) is 5.73 Å². The predicted molar refractivity (Wildman–Crippen MR) is 156 cm³/mol. The Hall–Kier alpha value is -4.98. The van der Waals surface area contributed by atoms with Gasteiger partial charge in [0.2, 0.25) is 11.9 Å². The lowest BCUT2D eigenvalue weighted by Gasteiger charge is -2.17. The third-order valence-corrected chi connectivity index (χ3v) is 8.54. The summed E-state index contributed by atoms with van der Waals surface area (Å²) in [6, 6.07) is 20.4. The number of carbonyl (C=O) groups is 1. The number of sulfonamides is 1. The number of hydrogen-bond acceptors (Lipinski definition) is 10. The Morgan fingerprint density at radius 2 is 1.71 bits per heavy atom. The number of aromatic nitrogens is 3. The molecular formula is C28H24N8O3S2. The second-order valence-electron chi connectivity index (χ2n) is 8.67. The Balaban J connectivity index is 1.54. The average molecular weight is 585 g/mol. The standard InChI is InChI=1S/C28H24N8O3S2/c1-3-23(40-27-22(16-30)24(18-7-5-4-6-8-18)21(15-29)25(31)35-27)26(37)34-19-9-11-20(12-10-19)41(38,39)36-28-32-14-13-17(2)33-28/h4-14,23H,3H2,1-2H3,(H2,31,35)(H,34,37)(H,32,33,36). The number of pyridine rings is 1. The summed E-state index contributed by atoms with van der Waals surface area (Å²) in [5, 5.41) is 22.1. The van der Waals surface area contributed by atoms with E-state index in [1.807, 2.05) is 19.1 Å². The van der Waals surface area contributed by atoms with Crippen LogP contribution in [0.15, 0.2) is 76.8 Å². The maximum Gasteiger partial charge on any atom is 0.264 e. The zero-order chi connectivity index (χ0) is 29.6. The fourth-order valence-corrected chi connectivity index (χ4v) is 5.82. The van der Waals surface area contributed by atoms with Crippen LogP contribution >= 0.6 is 11.8 Å². The molecule has 0 saturated heterocycles. The number of anilines is 3. The summed E-state index contributed by atoms with van der Waals surface area (Å²) in [4.78, 5) is 25.4. The normalized spacial score (nSPS) is 11.6. The van der Waals surface area contributed by atoms with Crippen molar-refractivity contribution in [3.8, 4) is 23.3 Å². The van der Waals surface area contributed by atoms with E-state index >= 15 is 0 Å². The van der Waals surface area contributed by atoms with E-state index in [-0.39, 0.29) is 38.7 Å². The molecule has 1 unspecified atom stereocenters. The van der Waals surface area contributed by atoms with Gasteiger partial charge in [0, 0.05) is 23.1 Å². The maximum atomic E-state index is 13.2. The Kier molecular flexibility index (Phi) is 8.82. The molecule has 0 radical (unpaired) electrons. The van der Waals surface area contributed by atoms with Crippen molar-refractivity contribution in [3.63, 3.8) is 0 Å². The lowest BCUT2D eigenvalue weighted by Crippen LogP contribution is -2.25. The number of carbonyl (C=O) groups excluding carboxylic acids is 1. The minimum Gasteiger partial charge on any atom is -0.383 e. The summed E-state index contributed by atoms with van der Waals surface area (Å²) < 4.78 is 27.8. The molecule has 0 bridgehead atoms. The number of nitrogen functional groups attached to an aromatic ring is 1. The first-order valence-electron chi connectivity index (χ1n) is 12.3. The van der Waals surface area contributed by atoms with Crippen LogP contribution in [0.4, 0.5) is 17.5 Å². The molecule has 13 heteroatoms. The van der Waals surface area contributed by atoms with Crippen molar-refractivity contribution >= 4 is 45.1 Å². The topological polar surface area (TPSA) is 188 Å². The largest absolute Gasteiger partial charge is 0.383 e. The van der Waals surface area contributed by atoms with Crippen molar-refractivity contribution in [2.45, 2.75) is 35.4 Å². The van der Waals surface area contributed by atoms with Gasteiger partial charge in [-0.25, -0.2) is 28.1 Å². The number of amides is 1. The van der Waals surface area contributed by atoms with Gasteiger partial charge in [-0.3, -0.25) is 4.79 Å². The maximum absolute atomic E-state index is 13.2. The first kappa shape index (κ1) is 29.0. The number of nitriles is 2. The van der Waals surface area contributed by atoms with Crippen molar-refractivity contribution < 1.29 is 13.2 Å². The lowest BCUT2D eigenvalue weighted by atomic mass is 9.97. The molecule has 0 aliphatic heterocycles. The van der Waals surface area contributed by atoms with Crippen LogP contribution in [0.1, 0.15) is 30.2 Å². The van der Waals surface area contributed by atoms with E-state index in [1.54, 1.807) is 37.3 Å². The van der Waals surface area contributed by atoms with Gasteiger partial charge in [-0.05, 0) is 49.2 Å². The highest BCUT2D eigenvalue weighted by Crippen LogP contribution is 2.37. The molecule has 41 heavy (non-hydrogen) atoms. The zero-order valence-corrected chi connectivity index (χ0v) is 23.6. The van der Waals surface area contributed by atoms with Crippen LogP contribution in [0.5, 0.6) is 0 Å². The minimum atomic E-state index is -3.95. The number of nitrogens with one attached hydrogen (secondary N) is 2. The van der Waals surface area contributed by atoms with Crippen molar-refractivity contribution in [3.05, 3.63) is 83.7 Å². The summed E-state index contributed by atoms with van der Waals surface area (Å²) >= 11 is 1.06. The zero-order valence-electron chi connectivity index (χ0n) is 22.0. The number of hydrogen-bond donors (Lipinski definition) is 3. The second kappa shape index (κ2) is 12.5. The molecule has 0 aliphatic carbocycles. The van der Waals surface area contributed by atoms with Crippen molar-refractivity contribution in [2.24, 2.45) is 0 Å². The van der Waals surface area contributed by atoms with Gasteiger partial charge in [0.15, 0.2) is 0 Å². The van der Waals surface area contributed by atoms with Crippen LogP contribution < -0.4 is 15.8 Å². The summed E-state index contributed by atoms with van der Waals surface area (Å²) in [5.74, 6) is -0.465. The molecule has 0 aliphatic rings. The van der Waals surface area contributed by atoms with Crippen LogP contribution in [-0.2, 0) is 14.8 Å². The first-order chi connectivity index (χ1) is 19.7. The Labute approximate surface area is 241 Å². The van der Waals surface area contributed by atoms with Crippen molar-refractivity contribution in [1.29, 1.82) is 10.5 Å². The molecule has 4 rings (SSSR count). The fourth-order valence-electron chi connectivity index (χ4n) is 3.85. The van der Waals surface area contributed by atoms with E-state index in [1.165, 1.54) is 30.5 Å². The third kappa shape index (κ3) is 6.61. The SMILES string of the molecule is CCC(Sc1nc(N)c(C#N)c(-c2ccccc2)c1C#N)C(=O)Nc1ccc(S(=O)(=O)Nc2nccc(C)n2)cc1. The molecule has 0 saturated carbocycles. The summed E-state index contributed by atoms with van der Waals surface area (Å²) in [6.45, 7) is 3.53. The monoisotopic (exact) mass is 584 g/mol. The van der Waals surface area contributed by atoms with Gasteiger partial charge in [-0.1, -0.05) is 49.0 Å². The average Bonchev–Trinajstić information content (AvgIpc) is 2.96. The second-order valence-corrected chi connectivity index (χ2v) is 11.5. The molecule has 11 nitrogen and oxygen atoms in total. The van der Waals surface area contributed by atoms with Crippen molar-refractivity contribution in [2.75, 3.05) is 15.8 Å². The third-order valence-electron chi connectivity index (χ3n) is 5.85. The van der Waals surface area contributed by atoms with E-state index in [9.17, 15) is 23.7 Å². The molecule has 2 heterocycles. The van der Waals surface area contributed by atoms with Gasteiger partial charge in [-0.2, -0.15) is 10.5 Å². The van der Waals surface area contributed by atoms with Gasteiger partial charge in [0.1, 0.15) is 28.5 Å². The number of aryl methyl sites for hydroxylation is 1. The molecule has 2 aromatic carbocycles. The Bertz CT molecular complexity index is 1780. The summed E-state index contributed by atoms with van der Waals surface area (Å²) in [6.07, 6.45) is 1.83. The highest BCUT2D eigenvalue weighted by atomic mass is 32.2. The molecule has 0 fully saturated rings. The summed E-state index contributed by atoms with van der Waals surface area (Å²) in [7, 11) is -3.95. The van der Waals surface area contributed by atoms with Crippen LogP contribution in [-0.4, -0.2) is 34.5 Å². The minimum absolute atomic E-state index is 0.0358. The lowest BCUT2D eigenvalue weighted by molar-refractivity contribution is -0.115. The molecule has 4 aromatic rings. The molecule has 0 spiro atoms. The molecule has 2 aromatic heterocycles. The number of nitrogens with zero attached hydrogens (tertiary/aromatic N) is 5. The number of benzene rings is 2. The van der Waals surface area contributed by atoms with Gasteiger partial charge < -0.3 is 11.1 Å². The van der Waals surface area contributed by atoms with Crippen molar-refractivity contribution in [1.82, 2.24) is 15.0 Å². The number of thioether (sulfide) groups is 1. The van der Waals surface area contributed by atoms with E-state index in [0.717, 1.165) is 11.8 Å². The van der Waals surface area contributed by atoms with E-state index in [0.29, 0.717) is 28.9 Å². The van der Waals surface area contributed by atoms with Crippen LogP contribution in [0, 0.1) is 29.6 Å². The van der Waals surface area contributed by atoms with Gasteiger partial charge in [0.05, 0.1) is 15.7 Å².